The average Bonchev–Trinajstić information content (AvgIpc) is 2.58. The number of pyridine rings is 1. The molecule has 25 heavy (non-hydrogen) atoms. The van der Waals surface area contributed by atoms with Crippen LogP contribution in [0.3, 0.4) is 0 Å². The Balaban J connectivity index is 2.13. The van der Waals surface area contributed by atoms with E-state index in [9.17, 15) is 9.18 Å². The highest BCUT2D eigenvalue weighted by Crippen LogP contribution is 2.32. The molecule has 2 nitrogen and oxygen atoms in total. The summed E-state index contributed by atoms with van der Waals surface area (Å²) in [7, 11) is 0. The number of nitrogens with one attached hydrogen (secondary N) is 1. The van der Waals surface area contributed by atoms with Crippen LogP contribution in [0.2, 0.25) is 0 Å². The van der Waals surface area contributed by atoms with E-state index in [1.807, 2.05) is 18.2 Å². The molecule has 4 heteroatoms. The van der Waals surface area contributed by atoms with Gasteiger partial charge < -0.3 is 4.98 Å². The first kappa shape index (κ1) is 17.6. The van der Waals surface area contributed by atoms with Crippen LogP contribution in [0.1, 0.15) is 36.5 Å². The quantitative estimate of drug-likeness (QED) is 0.603. The molecule has 3 rings (SSSR count). The number of benzene rings is 2. The first-order chi connectivity index (χ1) is 12.0. The van der Waals surface area contributed by atoms with Crippen LogP contribution >= 0.6 is 15.9 Å². The SMILES string of the molecule is CC(C)c1cccc(-c2c(Cc3cccc(F)c3)c[nH]c(=O)c2Br)c1. The minimum Gasteiger partial charge on any atom is -0.328 e. The zero-order chi connectivity index (χ0) is 18.0. The molecule has 1 heterocycles. The van der Waals surface area contributed by atoms with Gasteiger partial charge >= 0.3 is 0 Å². The highest BCUT2D eigenvalue weighted by Gasteiger charge is 2.14. The normalized spacial score (nSPS) is 11.1. The third-order valence-electron chi connectivity index (χ3n) is 4.24. The molecule has 128 valence electrons. The summed E-state index contributed by atoms with van der Waals surface area (Å²) >= 11 is 3.44. The monoisotopic (exact) mass is 399 g/mol. The minimum absolute atomic E-state index is 0.173. The predicted molar refractivity (Wildman–Crippen MR) is 103 cm³/mol. The van der Waals surface area contributed by atoms with Gasteiger partial charge in [-0.1, -0.05) is 50.2 Å². The van der Waals surface area contributed by atoms with Gasteiger partial charge in [0.2, 0.25) is 0 Å². The van der Waals surface area contributed by atoms with Crippen molar-refractivity contribution in [2.24, 2.45) is 0 Å². The molecule has 0 spiro atoms. The molecule has 3 aromatic rings. The maximum atomic E-state index is 13.5. The Hall–Kier alpha value is -2.20. The summed E-state index contributed by atoms with van der Waals surface area (Å²) in [6.45, 7) is 4.28. The van der Waals surface area contributed by atoms with Crippen molar-refractivity contribution < 1.29 is 4.39 Å². The van der Waals surface area contributed by atoms with Gasteiger partial charge in [-0.15, -0.1) is 0 Å². The van der Waals surface area contributed by atoms with Crippen LogP contribution < -0.4 is 5.56 Å². The third kappa shape index (κ3) is 3.90. The number of hydrogen-bond acceptors (Lipinski definition) is 1. The number of aromatic nitrogens is 1. The van der Waals surface area contributed by atoms with Gasteiger partial charge in [-0.3, -0.25) is 4.79 Å². The highest BCUT2D eigenvalue weighted by atomic mass is 79.9. The molecule has 1 N–H and O–H groups in total. The van der Waals surface area contributed by atoms with Gasteiger partial charge in [0.1, 0.15) is 5.82 Å². The fraction of sp³-hybridized carbons (Fsp3) is 0.190. The van der Waals surface area contributed by atoms with Crippen molar-refractivity contribution in [3.05, 3.63) is 92.1 Å². The second-order valence-electron chi connectivity index (χ2n) is 6.42. The van der Waals surface area contributed by atoms with Crippen molar-refractivity contribution in [3.8, 4) is 11.1 Å². The lowest BCUT2D eigenvalue weighted by Gasteiger charge is -2.14. The van der Waals surface area contributed by atoms with E-state index in [-0.39, 0.29) is 11.4 Å². The van der Waals surface area contributed by atoms with E-state index in [2.05, 4.69) is 46.9 Å². The summed E-state index contributed by atoms with van der Waals surface area (Å²) in [5.41, 5.74) is 4.68. The van der Waals surface area contributed by atoms with Crippen LogP contribution in [0.25, 0.3) is 11.1 Å². The third-order valence-corrected chi connectivity index (χ3v) is 5.00. The molecule has 0 aliphatic rings. The number of H-pyrrole nitrogens is 1. The number of halogens is 2. The van der Waals surface area contributed by atoms with Gasteiger partial charge in [-0.2, -0.15) is 0 Å². The van der Waals surface area contributed by atoms with E-state index >= 15 is 0 Å². The Labute approximate surface area is 154 Å². The van der Waals surface area contributed by atoms with Gasteiger partial charge in [0.25, 0.3) is 5.56 Å². The molecule has 0 fully saturated rings. The largest absolute Gasteiger partial charge is 0.328 e. The zero-order valence-electron chi connectivity index (χ0n) is 14.1. The van der Waals surface area contributed by atoms with Crippen molar-refractivity contribution in [1.29, 1.82) is 0 Å². The molecule has 0 aliphatic carbocycles. The summed E-state index contributed by atoms with van der Waals surface area (Å²) in [6, 6.07) is 14.7. The second kappa shape index (κ2) is 7.36. The summed E-state index contributed by atoms with van der Waals surface area (Å²) < 4.78 is 14.0. The Morgan fingerprint density at radius 2 is 1.88 bits per heavy atom. The van der Waals surface area contributed by atoms with Gasteiger partial charge in [0.05, 0.1) is 4.47 Å². The van der Waals surface area contributed by atoms with E-state index in [0.29, 0.717) is 16.8 Å². The van der Waals surface area contributed by atoms with Crippen molar-refractivity contribution in [2.45, 2.75) is 26.2 Å². The van der Waals surface area contributed by atoms with E-state index in [4.69, 9.17) is 0 Å². The van der Waals surface area contributed by atoms with E-state index in [1.54, 1.807) is 12.3 Å². The summed E-state index contributed by atoms with van der Waals surface area (Å²) in [4.78, 5) is 14.9. The number of hydrogen-bond donors (Lipinski definition) is 1. The van der Waals surface area contributed by atoms with Crippen LogP contribution in [-0.4, -0.2) is 4.98 Å². The average molecular weight is 400 g/mol. The molecular weight excluding hydrogens is 381 g/mol. The molecule has 1 aromatic heterocycles. The highest BCUT2D eigenvalue weighted by molar-refractivity contribution is 9.10. The second-order valence-corrected chi connectivity index (χ2v) is 7.21. The molecule has 0 radical (unpaired) electrons. The molecule has 0 amide bonds. The fourth-order valence-electron chi connectivity index (χ4n) is 2.91. The standard InChI is InChI=1S/C21H19BrFNO/c1-13(2)15-6-4-7-16(11-15)19-17(12-24-21(25)20(19)22)9-14-5-3-8-18(23)10-14/h3-8,10-13H,9H2,1-2H3,(H,24,25). The number of aromatic amines is 1. The van der Waals surface area contributed by atoms with Crippen molar-refractivity contribution in [3.63, 3.8) is 0 Å². The van der Waals surface area contributed by atoms with Crippen LogP contribution in [0, 0.1) is 5.82 Å². The maximum Gasteiger partial charge on any atom is 0.262 e. The van der Waals surface area contributed by atoms with Crippen molar-refractivity contribution in [2.75, 3.05) is 0 Å². The summed E-state index contributed by atoms with van der Waals surface area (Å²) in [5, 5.41) is 0. The molecule has 0 saturated carbocycles. The minimum atomic E-state index is -0.260. The lowest BCUT2D eigenvalue weighted by Crippen LogP contribution is -2.10. The smallest absolute Gasteiger partial charge is 0.262 e. The lowest BCUT2D eigenvalue weighted by molar-refractivity contribution is 0.626. The Morgan fingerprint density at radius 1 is 1.12 bits per heavy atom. The van der Waals surface area contributed by atoms with Gasteiger partial charge in [-0.05, 0) is 62.7 Å². The van der Waals surface area contributed by atoms with E-state index in [0.717, 1.165) is 22.3 Å². The van der Waals surface area contributed by atoms with Gasteiger partial charge in [0, 0.05) is 11.8 Å². The molecule has 0 saturated heterocycles. The molecule has 0 unspecified atom stereocenters. The van der Waals surface area contributed by atoms with E-state index < -0.39 is 0 Å². The molecular formula is C21H19BrFNO. The first-order valence-corrected chi connectivity index (χ1v) is 9.00. The van der Waals surface area contributed by atoms with Gasteiger partial charge in [-0.25, -0.2) is 4.39 Å². The molecule has 0 atom stereocenters. The van der Waals surface area contributed by atoms with Crippen molar-refractivity contribution in [1.82, 2.24) is 4.98 Å². The predicted octanol–water partition coefficient (Wildman–Crippen LogP) is 5.66. The topological polar surface area (TPSA) is 32.9 Å². The fourth-order valence-corrected chi connectivity index (χ4v) is 3.51. The van der Waals surface area contributed by atoms with Crippen molar-refractivity contribution >= 4 is 15.9 Å². The lowest BCUT2D eigenvalue weighted by atomic mass is 9.93. The summed E-state index contributed by atoms with van der Waals surface area (Å²) in [6.07, 6.45) is 2.25. The van der Waals surface area contributed by atoms with Crippen LogP contribution in [-0.2, 0) is 6.42 Å². The number of rotatable bonds is 4. The Morgan fingerprint density at radius 3 is 2.60 bits per heavy atom. The Kier molecular flexibility index (Phi) is 5.19. The summed E-state index contributed by atoms with van der Waals surface area (Å²) in [5.74, 6) is 0.136. The Bertz CT molecular complexity index is 962. The van der Waals surface area contributed by atoms with Gasteiger partial charge in [0.15, 0.2) is 0 Å². The molecule has 2 aromatic carbocycles. The molecule has 0 aliphatic heterocycles. The molecule has 0 bridgehead atoms. The zero-order valence-corrected chi connectivity index (χ0v) is 15.7. The van der Waals surface area contributed by atoms with E-state index in [1.165, 1.54) is 17.7 Å². The van der Waals surface area contributed by atoms with Crippen LogP contribution in [0.4, 0.5) is 4.39 Å². The maximum absolute atomic E-state index is 13.5. The first-order valence-electron chi connectivity index (χ1n) is 8.20. The van der Waals surface area contributed by atoms with Crippen LogP contribution in [0.5, 0.6) is 0 Å². The van der Waals surface area contributed by atoms with Crippen LogP contribution in [0.15, 0.2) is 64.0 Å².